The number of phenols is 1. The van der Waals surface area contributed by atoms with Gasteiger partial charge in [-0.25, -0.2) is 5.43 Å². The van der Waals surface area contributed by atoms with Crippen molar-refractivity contribution in [3.05, 3.63) is 100 Å². The number of hydrogen-bond acceptors (Lipinski definition) is 5. The molecule has 0 atom stereocenters. The van der Waals surface area contributed by atoms with Gasteiger partial charge in [0.1, 0.15) is 11.4 Å². The summed E-state index contributed by atoms with van der Waals surface area (Å²) in [6, 6.07) is 20.5. The number of hydrogen-bond donors (Lipinski definition) is 3. The lowest BCUT2D eigenvalue weighted by atomic mass is 10.1. The summed E-state index contributed by atoms with van der Waals surface area (Å²) < 4.78 is 0. The molecule has 0 aliphatic carbocycles. The molecule has 0 aliphatic heterocycles. The van der Waals surface area contributed by atoms with Crippen molar-refractivity contribution in [3.8, 4) is 5.75 Å². The average molecular weight is 463 g/mol. The van der Waals surface area contributed by atoms with Crippen molar-refractivity contribution >= 4 is 41.4 Å². The van der Waals surface area contributed by atoms with Gasteiger partial charge in [0, 0.05) is 35.9 Å². The highest BCUT2D eigenvalue weighted by atomic mass is 35.5. The van der Waals surface area contributed by atoms with E-state index in [9.17, 15) is 14.7 Å². The van der Waals surface area contributed by atoms with Crippen LogP contribution in [0.1, 0.15) is 21.5 Å². The lowest BCUT2D eigenvalue weighted by Gasteiger charge is -2.12. The molecule has 0 fully saturated rings. The first-order valence-corrected chi connectivity index (χ1v) is 10.4. The summed E-state index contributed by atoms with van der Waals surface area (Å²) in [4.78, 5) is 27.4. The summed E-state index contributed by atoms with van der Waals surface area (Å²) in [5.41, 5.74) is 4.84. The number of anilines is 1. The van der Waals surface area contributed by atoms with E-state index in [0.717, 1.165) is 11.3 Å². The van der Waals surface area contributed by atoms with Crippen LogP contribution >= 0.6 is 11.6 Å². The molecule has 7 nitrogen and oxygen atoms in total. The quantitative estimate of drug-likeness (QED) is 0.280. The monoisotopic (exact) mass is 462 g/mol. The Hall–Kier alpha value is -4.10. The molecule has 168 valence electrons. The van der Waals surface area contributed by atoms with Gasteiger partial charge in [-0.15, -0.1) is 0 Å². The van der Waals surface area contributed by atoms with Crippen LogP contribution in [0.4, 0.5) is 5.69 Å². The summed E-state index contributed by atoms with van der Waals surface area (Å²) in [6.45, 7) is 0. The molecule has 3 rings (SSSR count). The molecule has 0 radical (unpaired) electrons. The lowest BCUT2D eigenvalue weighted by Crippen LogP contribution is -2.32. The molecule has 8 heteroatoms. The number of aromatic hydroxyl groups is 1. The molecule has 0 saturated heterocycles. The van der Waals surface area contributed by atoms with Crippen LogP contribution < -0.4 is 15.6 Å². The second-order valence-electron chi connectivity index (χ2n) is 7.27. The number of benzene rings is 3. The largest absolute Gasteiger partial charge is 0.507 e. The molecule has 3 aromatic carbocycles. The van der Waals surface area contributed by atoms with E-state index >= 15 is 0 Å². The Morgan fingerprint density at radius 1 is 1.00 bits per heavy atom. The maximum absolute atomic E-state index is 12.8. The molecule has 0 unspecified atom stereocenters. The number of nitrogens with one attached hydrogen (secondary N) is 2. The third kappa shape index (κ3) is 6.69. The molecule has 0 bridgehead atoms. The number of hydrazone groups is 1. The predicted octanol–water partition coefficient (Wildman–Crippen LogP) is 4.03. The molecule has 3 aromatic rings. The van der Waals surface area contributed by atoms with Crippen molar-refractivity contribution in [2.45, 2.75) is 0 Å². The second kappa shape index (κ2) is 11.0. The van der Waals surface area contributed by atoms with Crippen molar-refractivity contribution in [2.75, 3.05) is 19.0 Å². The van der Waals surface area contributed by atoms with Gasteiger partial charge in [0.25, 0.3) is 11.8 Å². The zero-order valence-electron chi connectivity index (χ0n) is 18.1. The third-order valence-electron chi connectivity index (χ3n) is 4.61. The van der Waals surface area contributed by atoms with Crippen molar-refractivity contribution < 1.29 is 14.7 Å². The number of nitrogens with zero attached hydrogens (tertiary/aromatic N) is 2. The van der Waals surface area contributed by atoms with Gasteiger partial charge in [-0.2, -0.15) is 5.10 Å². The number of carbonyl (C=O) groups is 2. The van der Waals surface area contributed by atoms with Crippen LogP contribution in [0.5, 0.6) is 5.75 Å². The van der Waals surface area contributed by atoms with Gasteiger partial charge in [-0.1, -0.05) is 41.9 Å². The average Bonchev–Trinajstić information content (AvgIpc) is 2.81. The summed E-state index contributed by atoms with van der Waals surface area (Å²) >= 11 is 5.93. The Kier molecular flexibility index (Phi) is 7.83. The highest BCUT2D eigenvalue weighted by Gasteiger charge is 2.14. The van der Waals surface area contributed by atoms with Crippen molar-refractivity contribution in [1.29, 1.82) is 0 Å². The van der Waals surface area contributed by atoms with Crippen LogP contribution in [0.2, 0.25) is 5.02 Å². The fraction of sp³-hybridized carbons (Fsp3) is 0.0800. The summed E-state index contributed by atoms with van der Waals surface area (Å²) in [5, 5.41) is 16.8. The second-order valence-corrected chi connectivity index (χ2v) is 7.70. The molecule has 0 heterocycles. The van der Waals surface area contributed by atoms with Crippen molar-refractivity contribution in [2.24, 2.45) is 5.10 Å². The van der Waals surface area contributed by atoms with E-state index in [4.69, 9.17) is 11.6 Å². The molecule has 0 spiro atoms. The van der Waals surface area contributed by atoms with Crippen LogP contribution in [0.3, 0.4) is 0 Å². The molecule has 0 aliphatic rings. The number of halogens is 1. The Labute approximate surface area is 197 Å². The minimum Gasteiger partial charge on any atom is -0.507 e. The van der Waals surface area contributed by atoms with E-state index in [2.05, 4.69) is 15.8 Å². The molecule has 2 amide bonds. The Balaban J connectivity index is 1.83. The number of carbonyl (C=O) groups excluding carboxylic acids is 2. The molecule has 3 N–H and O–H groups in total. The van der Waals surface area contributed by atoms with Crippen LogP contribution in [0.25, 0.3) is 6.08 Å². The van der Waals surface area contributed by atoms with Crippen LogP contribution in [-0.2, 0) is 4.79 Å². The van der Waals surface area contributed by atoms with Gasteiger partial charge in [0.2, 0.25) is 0 Å². The van der Waals surface area contributed by atoms with Crippen LogP contribution in [0.15, 0.2) is 83.6 Å². The fourth-order valence-corrected chi connectivity index (χ4v) is 3.01. The first-order chi connectivity index (χ1) is 15.8. The molecule has 0 saturated carbocycles. The van der Waals surface area contributed by atoms with Gasteiger partial charge in [-0.3, -0.25) is 9.59 Å². The van der Waals surface area contributed by atoms with Gasteiger partial charge >= 0.3 is 0 Å². The third-order valence-corrected chi connectivity index (χ3v) is 4.84. The first-order valence-electron chi connectivity index (χ1n) is 10.0. The molecular formula is C25H23ClN4O3. The number of phenolic OH excluding ortho intramolecular Hbond substituents is 1. The predicted molar refractivity (Wildman–Crippen MR) is 132 cm³/mol. The SMILES string of the molecule is CN(C)c1ccc(C=C(NC(=O)c2ccccc2)C(=O)NN=Cc2cc(Cl)ccc2O)cc1. The summed E-state index contributed by atoms with van der Waals surface area (Å²) in [6.07, 6.45) is 2.82. The minimum atomic E-state index is -0.631. The first kappa shape index (κ1) is 23.6. The standard InChI is InChI=1S/C25H23ClN4O3/c1-30(2)21-11-8-17(9-12-21)14-22(28-24(32)18-6-4-3-5-7-18)25(33)29-27-16-19-15-20(26)10-13-23(19)31/h3-16,31H,1-2H3,(H,28,32)(H,29,33). The summed E-state index contributed by atoms with van der Waals surface area (Å²) in [7, 11) is 3.86. The smallest absolute Gasteiger partial charge is 0.287 e. The Morgan fingerprint density at radius 2 is 1.70 bits per heavy atom. The zero-order valence-corrected chi connectivity index (χ0v) is 18.9. The van der Waals surface area contributed by atoms with E-state index in [0.29, 0.717) is 16.1 Å². The highest BCUT2D eigenvalue weighted by molar-refractivity contribution is 6.30. The van der Waals surface area contributed by atoms with Crippen LogP contribution in [0, 0.1) is 0 Å². The fourth-order valence-electron chi connectivity index (χ4n) is 2.83. The van der Waals surface area contributed by atoms with E-state index in [1.54, 1.807) is 36.4 Å². The Morgan fingerprint density at radius 3 is 2.36 bits per heavy atom. The zero-order chi connectivity index (χ0) is 23.8. The number of rotatable bonds is 7. The molecular weight excluding hydrogens is 440 g/mol. The minimum absolute atomic E-state index is 0.00826. The maximum Gasteiger partial charge on any atom is 0.287 e. The van der Waals surface area contributed by atoms with E-state index in [1.807, 2.05) is 43.3 Å². The van der Waals surface area contributed by atoms with E-state index < -0.39 is 11.8 Å². The topological polar surface area (TPSA) is 94.0 Å². The van der Waals surface area contributed by atoms with Gasteiger partial charge in [0.15, 0.2) is 0 Å². The molecule has 0 aromatic heterocycles. The van der Waals surface area contributed by atoms with Gasteiger partial charge in [0.05, 0.1) is 6.21 Å². The molecule has 33 heavy (non-hydrogen) atoms. The normalized spacial score (nSPS) is 11.3. The van der Waals surface area contributed by atoms with Crippen LogP contribution in [-0.4, -0.2) is 37.2 Å². The maximum atomic E-state index is 12.8. The lowest BCUT2D eigenvalue weighted by molar-refractivity contribution is -0.117. The summed E-state index contributed by atoms with van der Waals surface area (Å²) in [5.74, 6) is -1.10. The number of amides is 2. The van der Waals surface area contributed by atoms with E-state index in [-0.39, 0.29) is 11.4 Å². The van der Waals surface area contributed by atoms with E-state index in [1.165, 1.54) is 24.4 Å². The van der Waals surface area contributed by atoms with Gasteiger partial charge < -0.3 is 15.3 Å². The van der Waals surface area contributed by atoms with Crippen molar-refractivity contribution in [1.82, 2.24) is 10.7 Å². The van der Waals surface area contributed by atoms with Crippen molar-refractivity contribution in [3.63, 3.8) is 0 Å². The highest BCUT2D eigenvalue weighted by Crippen LogP contribution is 2.19. The van der Waals surface area contributed by atoms with Gasteiger partial charge in [-0.05, 0) is 54.1 Å². The Bertz CT molecular complexity index is 1190.